The van der Waals surface area contributed by atoms with Crippen LogP contribution < -0.4 is 4.90 Å². The van der Waals surface area contributed by atoms with Crippen molar-refractivity contribution < 1.29 is 27.5 Å². The number of fused-ring (bicyclic) bond motifs is 1. The Hall–Kier alpha value is -3.56. The summed E-state index contributed by atoms with van der Waals surface area (Å²) in [5, 5.41) is 1.66. The van der Waals surface area contributed by atoms with Gasteiger partial charge in [0.25, 0.3) is 5.91 Å². The Labute approximate surface area is 210 Å². The largest absolute Gasteiger partial charge is 0.462 e. The van der Waals surface area contributed by atoms with E-state index in [9.17, 15) is 22.8 Å². The molecule has 1 aliphatic heterocycles. The van der Waals surface area contributed by atoms with Crippen LogP contribution in [-0.4, -0.2) is 49.2 Å². The second kappa shape index (κ2) is 10.2. The van der Waals surface area contributed by atoms with Crippen molar-refractivity contribution in [2.24, 2.45) is 0 Å². The van der Waals surface area contributed by atoms with Crippen molar-refractivity contribution in [2.45, 2.75) is 50.6 Å². The van der Waals surface area contributed by atoms with Crippen molar-refractivity contribution in [2.75, 3.05) is 11.5 Å². The first-order valence-corrected chi connectivity index (χ1v) is 13.3. The van der Waals surface area contributed by atoms with E-state index >= 15 is 0 Å². The number of hydrogen-bond donors (Lipinski definition) is 0. The molecular weight excluding hydrogens is 480 g/mol. The SMILES string of the molecule is CCOC(=O)c1ccc(N2C(=O)CC(N(C(C)CC)S(=O)(=O)c3ccc4ccccc4c3)C2=O)cc1. The number of nitrogens with zero attached hydrogens (tertiary/aromatic N) is 2. The quantitative estimate of drug-likeness (QED) is 0.335. The number of benzene rings is 3. The number of hydrogen-bond acceptors (Lipinski definition) is 6. The average Bonchev–Trinajstić information content (AvgIpc) is 3.16. The topological polar surface area (TPSA) is 101 Å². The monoisotopic (exact) mass is 508 g/mol. The van der Waals surface area contributed by atoms with Gasteiger partial charge in [0.2, 0.25) is 15.9 Å². The summed E-state index contributed by atoms with van der Waals surface area (Å²) in [6.45, 7) is 5.49. The van der Waals surface area contributed by atoms with Crippen LogP contribution in [0.1, 0.15) is 44.0 Å². The molecule has 0 saturated carbocycles. The minimum atomic E-state index is -4.10. The molecule has 0 aliphatic carbocycles. The zero-order valence-electron chi connectivity index (χ0n) is 20.4. The fraction of sp³-hybridized carbons (Fsp3) is 0.296. The molecular formula is C27H28N2O6S. The molecule has 0 aromatic heterocycles. The summed E-state index contributed by atoms with van der Waals surface area (Å²) in [5.41, 5.74) is 0.559. The molecule has 0 spiro atoms. The van der Waals surface area contributed by atoms with Gasteiger partial charge in [-0.3, -0.25) is 9.59 Å². The van der Waals surface area contributed by atoms with E-state index in [1.165, 1.54) is 34.6 Å². The first kappa shape index (κ1) is 25.5. The number of esters is 1. The second-order valence-corrected chi connectivity index (χ2v) is 10.5. The molecule has 2 amide bonds. The molecule has 1 heterocycles. The van der Waals surface area contributed by atoms with Crippen LogP contribution in [0.3, 0.4) is 0 Å². The summed E-state index contributed by atoms with van der Waals surface area (Å²) < 4.78 is 33.8. The molecule has 0 bridgehead atoms. The Balaban J connectivity index is 1.68. The zero-order chi connectivity index (χ0) is 26.0. The highest BCUT2D eigenvalue weighted by Gasteiger charge is 2.48. The number of carbonyl (C=O) groups is 3. The van der Waals surface area contributed by atoms with Crippen LogP contribution in [0.4, 0.5) is 5.69 Å². The summed E-state index contributed by atoms with van der Waals surface area (Å²) in [4.78, 5) is 39.5. The minimum absolute atomic E-state index is 0.0685. The predicted molar refractivity (Wildman–Crippen MR) is 136 cm³/mol. The standard InChI is InChI=1S/C27H28N2O6S/c1-4-18(3)29(36(33,34)23-15-12-19-8-6-7-9-21(19)16-23)24-17-25(30)28(26(24)31)22-13-10-20(11-14-22)27(32)35-5-2/h6-16,18,24H,4-5,17H2,1-3H3. The van der Waals surface area contributed by atoms with Gasteiger partial charge in [-0.1, -0.05) is 37.3 Å². The van der Waals surface area contributed by atoms with E-state index in [-0.39, 0.29) is 29.2 Å². The van der Waals surface area contributed by atoms with E-state index < -0.39 is 39.9 Å². The fourth-order valence-electron chi connectivity index (χ4n) is 4.39. The van der Waals surface area contributed by atoms with Gasteiger partial charge in [-0.05, 0) is 67.4 Å². The molecule has 2 atom stereocenters. The Kier molecular flexibility index (Phi) is 7.23. The van der Waals surface area contributed by atoms with E-state index in [0.29, 0.717) is 6.42 Å². The van der Waals surface area contributed by atoms with Crippen LogP contribution in [0, 0.1) is 0 Å². The number of amides is 2. The third-order valence-electron chi connectivity index (χ3n) is 6.39. The van der Waals surface area contributed by atoms with Gasteiger partial charge < -0.3 is 4.74 Å². The maximum atomic E-state index is 13.8. The first-order valence-electron chi connectivity index (χ1n) is 11.8. The molecule has 36 heavy (non-hydrogen) atoms. The highest BCUT2D eigenvalue weighted by atomic mass is 32.2. The van der Waals surface area contributed by atoms with Gasteiger partial charge >= 0.3 is 5.97 Å². The minimum Gasteiger partial charge on any atom is -0.462 e. The summed E-state index contributed by atoms with van der Waals surface area (Å²) in [6, 6.07) is 16.5. The maximum absolute atomic E-state index is 13.8. The highest BCUT2D eigenvalue weighted by molar-refractivity contribution is 7.89. The van der Waals surface area contributed by atoms with E-state index in [1.54, 1.807) is 26.0 Å². The Morgan fingerprint density at radius 2 is 1.69 bits per heavy atom. The second-order valence-electron chi connectivity index (χ2n) is 8.66. The first-order chi connectivity index (χ1) is 17.2. The van der Waals surface area contributed by atoms with Crippen LogP contribution in [0.15, 0.2) is 71.6 Å². The van der Waals surface area contributed by atoms with Crippen LogP contribution in [0.5, 0.6) is 0 Å². The third-order valence-corrected chi connectivity index (χ3v) is 8.41. The highest BCUT2D eigenvalue weighted by Crippen LogP contribution is 2.32. The molecule has 9 heteroatoms. The van der Waals surface area contributed by atoms with Gasteiger partial charge in [0.15, 0.2) is 0 Å². The molecule has 4 rings (SSSR count). The average molecular weight is 509 g/mol. The Morgan fingerprint density at radius 1 is 1.03 bits per heavy atom. The van der Waals surface area contributed by atoms with Crippen LogP contribution in [0.2, 0.25) is 0 Å². The van der Waals surface area contributed by atoms with Gasteiger partial charge in [0.1, 0.15) is 6.04 Å². The van der Waals surface area contributed by atoms with Crippen molar-refractivity contribution in [3.05, 3.63) is 72.3 Å². The number of carbonyl (C=O) groups excluding carboxylic acids is 3. The summed E-state index contributed by atoms with van der Waals surface area (Å²) in [7, 11) is -4.10. The predicted octanol–water partition coefficient (Wildman–Crippen LogP) is 4.14. The van der Waals surface area contributed by atoms with Crippen molar-refractivity contribution in [3.63, 3.8) is 0 Å². The molecule has 1 fully saturated rings. The van der Waals surface area contributed by atoms with Crippen molar-refractivity contribution >= 4 is 44.3 Å². The van der Waals surface area contributed by atoms with Gasteiger partial charge in [-0.15, -0.1) is 0 Å². The number of imide groups is 1. The van der Waals surface area contributed by atoms with Crippen LogP contribution >= 0.6 is 0 Å². The van der Waals surface area contributed by atoms with Gasteiger partial charge in [0.05, 0.1) is 29.2 Å². The summed E-state index contributed by atoms with van der Waals surface area (Å²) >= 11 is 0. The van der Waals surface area contributed by atoms with Crippen molar-refractivity contribution in [1.82, 2.24) is 4.31 Å². The lowest BCUT2D eigenvalue weighted by Crippen LogP contribution is -2.49. The molecule has 188 valence electrons. The van der Waals surface area contributed by atoms with Crippen molar-refractivity contribution in [1.29, 1.82) is 0 Å². The Morgan fingerprint density at radius 3 is 2.33 bits per heavy atom. The van der Waals surface area contributed by atoms with E-state index in [2.05, 4.69) is 0 Å². The molecule has 2 unspecified atom stereocenters. The lowest BCUT2D eigenvalue weighted by molar-refractivity contribution is -0.122. The Bertz CT molecular complexity index is 1420. The molecule has 0 N–H and O–H groups in total. The van der Waals surface area contributed by atoms with Gasteiger partial charge in [-0.25, -0.2) is 18.1 Å². The molecule has 3 aromatic carbocycles. The molecule has 3 aromatic rings. The third kappa shape index (κ3) is 4.64. The van der Waals surface area contributed by atoms with Gasteiger partial charge in [-0.2, -0.15) is 4.31 Å². The normalized spacial score (nSPS) is 17.1. The number of sulfonamides is 1. The van der Waals surface area contributed by atoms with E-state index in [4.69, 9.17) is 4.74 Å². The van der Waals surface area contributed by atoms with Gasteiger partial charge in [0, 0.05) is 6.04 Å². The van der Waals surface area contributed by atoms with Crippen LogP contribution in [0.25, 0.3) is 10.8 Å². The number of rotatable bonds is 8. The summed E-state index contributed by atoms with van der Waals surface area (Å²) in [6.07, 6.45) is 0.189. The molecule has 0 radical (unpaired) electrons. The lowest BCUT2D eigenvalue weighted by atomic mass is 10.1. The lowest BCUT2D eigenvalue weighted by Gasteiger charge is -2.31. The molecule has 8 nitrogen and oxygen atoms in total. The molecule has 1 aliphatic rings. The zero-order valence-corrected chi connectivity index (χ0v) is 21.2. The smallest absolute Gasteiger partial charge is 0.338 e. The molecule has 1 saturated heterocycles. The maximum Gasteiger partial charge on any atom is 0.338 e. The number of ether oxygens (including phenoxy) is 1. The number of anilines is 1. The van der Waals surface area contributed by atoms with Crippen LogP contribution in [-0.2, 0) is 24.3 Å². The van der Waals surface area contributed by atoms with E-state index in [1.807, 2.05) is 31.2 Å². The van der Waals surface area contributed by atoms with E-state index in [0.717, 1.165) is 15.7 Å². The summed E-state index contributed by atoms with van der Waals surface area (Å²) in [5.74, 6) is -1.63. The fourth-order valence-corrected chi connectivity index (χ4v) is 6.27. The van der Waals surface area contributed by atoms with Crippen molar-refractivity contribution in [3.8, 4) is 0 Å².